The average Bonchev–Trinajstić information content (AvgIpc) is 2.97. The van der Waals surface area contributed by atoms with E-state index in [0.29, 0.717) is 23.3 Å². The van der Waals surface area contributed by atoms with Crippen molar-refractivity contribution in [3.05, 3.63) is 40.9 Å². The number of amides is 2. The number of aromatic nitrogens is 2. The van der Waals surface area contributed by atoms with E-state index in [1.54, 1.807) is 19.1 Å². The summed E-state index contributed by atoms with van der Waals surface area (Å²) in [6.45, 7) is 0.980. The molecular weight excluding hydrogens is 302 g/mol. The predicted molar refractivity (Wildman–Crippen MR) is 85.6 cm³/mol. The summed E-state index contributed by atoms with van der Waals surface area (Å²) in [5.41, 5.74) is 6.58. The van der Waals surface area contributed by atoms with Crippen LogP contribution >= 0.6 is 11.3 Å². The Morgan fingerprint density at radius 2 is 2.14 bits per heavy atom. The van der Waals surface area contributed by atoms with Crippen LogP contribution in [0.3, 0.4) is 0 Å². The highest BCUT2D eigenvalue weighted by Gasteiger charge is 2.22. The third-order valence-electron chi connectivity index (χ3n) is 3.08. The topological polar surface area (TPSA) is 93.4 Å². The van der Waals surface area contributed by atoms with Crippen LogP contribution in [-0.2, 0) is 4.74 Å². The van der Waals surface area contributed by atoms with Crippen molar-refractivity contribution in [1.29, 1.82) is 0 Å². The zero-order valence-electron chi connectivity index (χ0n) is 12.5. The molecule has 1 aromatic carbocycles. The second-order valence-electron chi connectivity index (χ2n) is 4.69. The van der Waals surface area contributed by atoms with Gasteiger partial charge in [0, 0.05) is 20.7 Å². The first-order chi connectivity index (χ1) is 10.6. The molecule has 0 radical (unpaired) electrons. The maximum Gasteiger partial charge on any atom is 0.318 e. The van der Waals surface area contributed by atoms with Gasteiger partial charge >= 0.3 is 6.03 Å². The molecule has 0 unspecified atom stereocenters. The summed E-state index contributed by atoms with van der Waals surface area (Å²) in [6.07, 6.45) is 0. The van der Waals surface area contributed by atoms with Gasteiger partial charge in [0.2, 0.25) is 5.13 Å². The van der Waals surface area contributed by atoms with Gasteiger partial charge in [-0.3, -0.25) is 0 Å². The Kier molecular flexibility index (Phi) is 5.68. The first-order valence-electron chi connectivity index (χ1n) is 6.76. The summed E-state index contributed by atoms with van der Waals surface area (Å²) < 4.78 is 4.98. The fourth-order valence-corrected chi connectivity index (χ4v) is 2.55. The maximum atomic E-state index is 12.3. The molecule has 118 valence electrons. The van der Waals surface area contributed by atoms with E-state index in [0.717, 1.165) is 5.56 Å². The summed E-state index contributed by atoms with van der Waals surface area (Å²) in [7, 11) is 3.31. The number of benzene rings is 1. The number of hydrogen-bond donors (Lipinski definition) is 2. The molecule has 0 saturated carbocycles. The van der Waals surface area contributed by atoms with E-state index in [-0.39, 0.29) is 12.1 Å². The molecule has 2 amide bonds. The van der Waals surface area contributed by atoms with Gasteiger partial charge in [-0.05, 0) is 5.56 Å². The Bertz CT molecular complexity index is 604. The van der Waals surface area contributed by atoms with Crippen LogP contribution in [-0.4, -0.2) is 48.4 Å². The van der Waals surface area contributed by atoms with E-state index in [1.165, 1.54) is 11.3 Å². The summed E-state index contributed by atoms with van der Waals surface area (Å²) in [5, 5.41) is 11.9. The Balaban J connectivity index is 2.17. The lowest BCUT2D eigenvalue weighted by Gasteiger charge is -2.22. The van der Waals surface area contributed by atoms with Gasteiger partial charge in [-0.1, -0.05) is 41.7 Å². The van der Waals surface area contributed by atoms with Crippen LogP contribution < -0.4 is 11.1 Å². The number of nitrogens with zero attached hydrogens (tertiary/aromatic N) is 3. The van der Waals surface area contributed by atoms with E-state index in [9.17, 15) is 4.79 Å². The third-order valence-corrected chi connectivity index (χ3v) is 3.90. The van der Waals surface area contributed by atoms with E-state index in [4.69, 9.17) is 10.5 Å². The molecule has 8 heteroatoms. The lowest BCUT2D eigenvalue weighted by atomic mass is 10.1. The highest BCUT2D eigenvalue weighted by atomic mass is 32.1. The highest BCUT2D eigenvalue weighted by molar-refractivity contribution is 7.15. The van der Waals surface area contributed by atoms with Crippen LogP contribution in [0.4, 0.5) is 9.93 Å². The van der Waals surface area contributed by atoms with Crippen LogP contribution in [0.2, 0.25) is 0 Å². The van der Waals surface area contributed by atoms with Crippen molar-refractivity contribution in [1.82, 2.24) is 20.4 Å². The van der Waals surface area contributed by atoms with Crippen molar-refractivity contribution in [3.63, 3.8) is 0 Å². The fourth-order valence-electron chi connectivity index (χ4n) is 1.86. The molecule has 0 aliphatic heterocycles. The van der Waals surface area contributed by atoms with E-state index in [1.807, 2.05) is 30.3 Å². The summed E-state index contributed by atoms with van der Waals surface area (Å²) in [4.78, 5) is 13.9. The Morgan fingerprint density at radius 1 is 1.41 bits per heavy atom. The average molecular weight is 321 g/mol. The lowest BCUT2D eigenvalue weighted by Crippen LogP contribution is -2.41. The largest absolute Gasteiger partial charge is 0.383 e. The number of nitrogen functional groups attached to an aromatic ring is 1. The number of rotatable bonds is 6. The predicted octanol–water partition coefficient (Wildman–Crippen LogP) is 1.50. The minimum absolute atomic E-state index is 0.209. The molecule has 1 heterocycles. The molecule has 22 heavy (non-hydrogen) atoms. The van der Waals surface area contributed by atoms with Crippen molar-refractivity contribution >= 4 is 22.5 Å². The molecule has 0 fully saturated rings. The van der Waals surface area contributed by atoms with Gasteiger partial charge in [0.15, 0.2) is 0 Å². The van der Waals surface area contributed by atoms with Crippen LogP contribution in [0.15, 0.2) is 30.3 Å². The molecule has 1 atom stereocenters. The van der Waals surface area contributed by atoms with Crippen molar-refractivity contribution in [2.24, 2.45) is 0 Å². The zero-order valence-corrected chi connectivity index (χ0v) is 13.3. The van der Waals surface area contributed by atoms with E-state index < -0.39 is 0 Å². The van der Waals surface area contributed by atoms with Crippen LogP contribution in [0.1, 0.15) is 16.6 Å². The molecule has 2 aromatic rings. The van der Waals surface area contributed by atoms with Crippen molar-refractivity contribution in [2.75, 3.05) is 33.0 Å². The Labute approximate surface area is 133 Å². The summed E-state index contributed by atoms with van der Waals surface area (Å²) in [6, 6.07) is 9.01. The van der Waals surface area contributed by atoms with Gasteiger partial charge in [-0.2, -0.15) is 0 Å². The molecule has 1 aromatic heterocycles. The van der Waals surface area contributed by atoms with Gasteiger partial charge < -0.3 is 20.7 Å². The number of carbonyl (C=O) groups excluding carboxylic acids is 1. The van der Waals surface area contributed by atoms with Gasteiger partial charge in [0.25, 0.3) is 0 Å². The fraction of sp³-hybridized carbons (Fsp3) is 0.357. The van der Waals surface area contributed by atoms with Gasteiger partial charge in [-0.25, -0.2) is 4.79 Å². The van der Waals surface area contributed by atoms with Gasteiger partial charge in [0.1, 0.15) is 11.0 Å². The molecule has 0 spiro atoms. The van der Waals surface area contributed by atoms with Crippen molar-refractivity contribution < 1.29 is 9.53 Å². The first kappa shape index (κ1) is 16.2. The summed E-state index contributed by atoms with van der Waals surface area (Å²) >= 11 is 1.26. The number of nitrogens with one attached hydrogen (secondary N) is 1. The van der Waals surface area contributed by atoms with Crippen molar-refractivity contribution in [3.8, 4) is 0 Å². The standard InChI is InChI=1S/C14H19N5O2S/c1-19(8-9-21-2)14(20)16-11(10-6-4-3-5-7-10)12-17-18-13(15)22-12/h3-7,11H,8-9H2,1-2H3,(H2,15,18)(H,16,20)/t11-/m1/s1. The van der Waals surface area contributed by atoms with Gasteiger partial charge in [0.05, 0.1) is 6.61 Å². The number of methoxy groups -OCH3 is 1. The molecular formula is C14H19N5O2S. The number of likely N-dealkylation sites (N-methyl/N-ethyl adjacent to an activating group) is 1. The molecule has 0 aliphatic rings. The first-order valence-corrected chi connectivity index (χ1v) is 7.58. The number of nitrogens with two attached hydrogens (primary N) is 1. The maximum absolute atomic E-state index is 12.3. The molecule has 0 bridgehead atoms. The second-order valence-corrected chi connectivity index (χ2v) is 5.73. The Morgan fingerprint density at radius 3 is 2.73 bits per heavy atom. The monoisotopic (exact) mass is 321 g/mol. The van der Waals surface area contributed by atoms with Crippen LogP contribution in [0.5, 0.6) is 0 Å². The normalized spacial score (nSPS) is 11.9. The van der Waals surface area contributed by atoms with Crippen molar-refractivity contribution in [2.45, 2.75) is 6.04 Å². The lowest BCUT2D eigenvalue weighted by molar-refractivity contribution is 0.158. The second kappa shape index (κ2) is 7.71. The van der Waals surface area contributed by atoms with Crippen LogP contribution in [0.25, 0.3) is 0 Å². The number of hydrogen-bond acceptors (Lipinski definition) is 6. The molecule has 2 rings (SSSR count). The van der Waals surface area contributed by atoms with E-state index >= 15 is 0 Å². The number of anilines is 1. The Hall–Kier alpha value is -2.19. The summed E-state index contributed by atoms with van der Waals surface area (Å²) in [5.74, 6) is 0. The molecule has 0 saturated heterocycles. The molecule has 7 nitrogen and oxygen atoms in total. The third kappa shape index (κ3) is 4.15. The quantitative estimate of drug-likeness (QED) is 0.841. The van der Waals surface area contributed by atoms with Gasteiger partial charge in [-0.15, -0.1) is 10.2 Å². The zero-order chi connectivity index (χ0) is 15.9. The highest BCUT2D eigenvalue weighted by Crippen LogP contribution is 2.25. The smallest absolute Gasteiger partial charge is 0.318 e. The SMILES string of the molecule is COCCN(C)C(=O)N[C@H](c1ccccc1)c1nnc(N)s1. The molecule has 0 aliphatic carbocycles. The van der Waals surface area contributed by atoms with E-state index in [2.05, 4.69) is 15.5 Å². The number of urea groups is 1. The molecule has 3 N–H and O–H groups in total. The number of carbonyl (C=O) groups is 1. The van der Waals surface area contributed by atoms with Crippen LogP contribution in [0, 0.1) is 0 Å². The number of ether oxygens (including phenoxy) is 1. The minimum atomic E-state index is -0.381. The minimum Gasteiger partial charge on any atom is -0.383 e.